The monoisotopic (exact) mass is 132 g/mol. The van der Waals surface area contributed by atoms with Gasteiger partial charge in [0.25, 0.3) is 0 Å². The first-order chi connectivity index (χ1) is 4.41. The Morgan fingerprint density at radius 2 is 1.44 bits per heavy atom. The van der Waals surface area contributed by atoms with Gasteiger partial charge in [-0.3, -0.25) is 10.6 Å². The fourth-order valence-electron chi connectivity index (χ4n) is 0.399. The maximum absolute atomic E-state index is 5.09. The summed E-state index contributed by atoms with van der Waals surface area (Å²) in [6.45, 7) is 7.32. The molecule has 0 radical (unpaired) electrons. The molecule has 56 valence electrons. The van der Waals surface area contributed by atoms with E-state index in [4.69, 9.17) is 4.74 Å². The molecule has 0 atom stereocenters. The lowest BCUT2D eigenvalue weighted by atomic mass is 10.7. The lowest BCUT2D eigenvalue weighted by molar-refractivity contribution is 0.103. The minimum atomic E-state index is 0.642. The maximum Gasteiger partial charge on any atom is 0.0983 e. The van der Waals surface area contributed by atoms with E-state index in [1.807, 2.05) is 0 Å². The Kier molecular flexibility index (Phi) is 7.77. The number of rotatable bonds is 6. The minimum absolute atomic E-state index is 0.642. The van der Waals surface area contributed by atoms with Gasteiger partial charge in [-0.25, -0.2) is 0 Å². The molecule has 3 nitrogen and oxygen atoms in total. The van der Waals surface area contributed by atoms with E-state index in [-0.39, 0.29) is 0 Å². The third-order valence-electron chi connectivity index (χ3n) is 0.908. The molecule has 0 aliphatic carbocycles. The van der Waals surface area contributed by atoms with Crippen LogP contribution in [0.1, 0.15) is 13.8 Å². The van der Waals surface area contributed by atoms with E-state index in [9.17, 15) is 0 Å². The minimum Gasteiger partial charge on any atom is -0.351 e. The van der Waals surface area contributed by atoms with Gasteiger partial charge in [-0.1, -0.05) is 13.8 Å². The third kappa shape index (κ3) is 7.88. The van der Waals surface area contributed by atoms with Crippen LogP contribution >= 0.6 is 0 Å². The van der Waals surface area contributed by atoms with Crippen molar-refractivity contribution in [1.29, 1.82) is 0 Å². The summed E-state index contributed by atoms with van der Waals surface area (Å²) in [4.78, 5) is 0. The molecule has 0 aromatic carbocycles. The quantitative estimate of drug-likeness (QED) is 0.398. The molecule has 3 heteroatoms. The Hall–Kier alpha value is -0.120. The van der Waals surface area contributed by atoms with Gasteiger partial charge >= 0.3 is 0 Å². The second kappa shape index (κ2) is 7.88. The molecule has 0 aromatic heterocycles. The summed E-state index contributed by atoms with van der Waals surface area (Å²) >= 11 is 0. The van der Waals surface area contributed by atoms with E-state index in [1.165, 1.54) is 0 Å². The van der Waals surface area contributed by atoms with Gasteiger partial charge in [0.15, 0.2) is 0 Å². The highest BCUT2D eigenvalue weighted by molar-refractivity contribution is 4.30. The van der Waals surface area contributed by atoms with Gasteiger partial charge in [0.05, 0.1) is 13.5 Å². The molecule has 0 saturated carbocycles. The van der Waals surface area contributed by atoms with Crippen LogP contribution < -0.4 is 10.6 Å². The average Bonchev–Trinajstić information content (AvgIpc) is 1.89. The number of hydrogen-bond acceptors (Lipinski definition) is 3. The first-order valence-corrected chi connectivity index (χ1v) is 3.41. The smallest absolute Gasteiger partial charge is 0.0983 e. The molecule has 0 aromatic rings. The average molecular weight is 132 g/mol. The zero-order valence-electron chi connectivity index (χ0n) is 6.24. The summed E-state index contributed by atoms with van der Waals surface area (Å²) in [5.41, 5.74) is 0. The van der Waals surface area contributed by atoms with E-state index in [0.29, 0.717) is 13.5 Å². The van der Waals surface area contributed by atoms with Crippen LogP contribution in [0, 0.1) is 0 Å². The molecule has 0 unspecified atom stereocenters. The number of nitrogens with one attached hydrogen (secondary N) is 2. The molecule has 0 saturated heterocycles. The second-order valence-electron chi connectivity index (χ2n) is 1.70. The van der Waals surface area contributed by atoms with Gasteiger partial charge in [0, 0.05) is 0 Å². The molecule has 0 aliphatic heterocycles. The second-order valence-corrected chi connectivity index (χ2v) is 1.70. The molecule has 0 amide bonds. The van der Waals surface area contributed by atoms with Crippen molar-refractivity contribution in [2.24, 2.45) is 0 Å². The van der Waals surface area contributed by atoms with E-state index in [2.05, 4.69) is 24.5 Å². The fourth-order valence-corrected chi connectivity index (χ4v) is 0.399. The molecular formula is C6H16N2O. The van der Waals surface area contributed by atoms with Crippen LogP contribution in [0.15, 0.2) is 0 Å². The molecule has 0 fully saturated rings. The molecule has 2 N–H and O–H groups in total. The summed E-state index contributed by atoms with van der Waals surface area (Å²) in [7, 11) is 0. The van der Waals surface area contributed by atoms with Gasteiger partial charge in [-0.15, -0.1) is 0 Å². The molecular weight excluding hydrogens is 116 g/mol. The number of hydrogen-bond donors (Lipinski definition) is 2. The molecule has 0 rings (SSSR count). The van der Waals surface area contributed by atoms with Crippen LogP contribution in [0.5, 0.6) is 0 Å². The Morgan fingerprint density at radius 3 is 1.78 bits per heavy atom. The zero-order valence-corrected chi connectivity index (χ0v) is 6.24. The van der Waals surface area contributed by atoms with Crippen molar-refractivity contribution in [2.45, 2.75) is 13.8 Å². The highest BCUT2D eigenvalue weighted by Crippen LogP contribution is 1.64. The standard InChI is InChI=1S/C6H16N2O/c1-3-7-5-9-6-8-4-2/h7-8H,3-6H2,1-2H3. The molecule has 0 aliphatic rings. The van der Waals surface area contributed by atoms with Crippen LogP contribution in [0.4, 0.5) is 0 Å². The van der Waals surface area contributed by atoms with Crippen molar-refractivity contribution in [1.82, 2.24) is 10.6 Å². The summed E-state index contributed by atoms with van der Waals surface area (Å²) in [5.74, 6) is 0. The summed E-state index contributed by atoms with van der Waals surface area (Å²) < 4.78 is 5.09. The summed E-state index contributed by atoms with van der Waals surface area (Å²) in [6.07, 6.45) is 0. The van der Waals surface area contributed by atoms with E-state index in [0.717, 1.165) is 13.1 Å². The van der Waals surface area contributed by atoms with Crippen molar-refractivity contribution >= 4 is 0 Å². The van der Waals surface area contributed by atoms with Crippen molar-refractivity contribution < 1.29 is 4.74 Å². The lowest BCUT2D eigenvalue weighted by Crippen LogP contribution is -2.23. The van der Waals surface area contributed by atoms with Crippen LogP contribution in [0.3, 0.4) is 0 Å². The van der Waals surface area contributed by atoms with Crippen molar-refractivity contribution in [3.8, 4) is 0 Å². The SMILES string of the molecule is CCNCOCNCC. The van der Waals surface area contributed by atoms with Gasteiger partial charge in [-0.2, -0.15) is 0 Å². The fraction of sp³-hybridized carbons (Fsp3) is 1.00. The first kappa shape index (κ1) is 8.88. The lowest BCUT2D eigenvalue weighted by Gasteiger charge is -2.03. The largest absolute Gasteiger partial charge is 0.351 e. The maximum atomic E-state index is 5.09. The predicted molar refractivity (Wildman–Crippen MR) is 38.2 cm³/mol. The van der Waals surface area contributed by atoms with Crippen LogP contribution in [-0.4, -0.2) is 26.6 Å². The highest BCUT2D eigenvalue weighted by atomic mass is 16.5. The number of ether oxygens (including phenoxy) is 1. The van der Waals surface area contributed by atoms with Gasteiger partial charge in [-0.05, 0) is 13.1 Å². The third-order valence-corrected chi connectivity index (χ3v) is 0.908. The molecule has 9 heavy (non-hydrogen) atoms. The van der Waals surface area contributed by atoms with Crippen LogP contribution in [-0.2, 0) is 4.74 Å². The zero-order chi connectivity index (χ0) is 6.95. The van der Waals surface area contributed by atoms with Gasteiger partial charge in [0.1, 0.15) is 0 Å². The predicted octanol–water partition coefficient (Wildman–Crippen LogP) is 0.137. The highest BCUT2D eigenvalue weighted by Gasteiger charge is 1.80. The molecule has 0 spiro atoms. The normalized spacial score (nSPS) is 10.0. The first-order valence-electron chi connectivity index (χ1n) is 3.41. The van der Waals surface area contributed by atoms with E-state index >= 15 is 0 Å². The van der Waals surface area contributed by atoms with Crippen molar-refractivity contribution in [2.75, 3.05) is 26.6 Å². The summed E-state index contributed by atoms with van der Waals surface area (Å²) in [6, 6.07) is 0. The Bertz CT molecular complexity index is 44.3. The molecule has 0 heterocycles. The molecule has 0 bridgehead atoms. The van der Waals surface area contributed by atoms with Crippen molar-refractivity contribution in [3.05, 3.63) is 0 Å². The van der Waals surface area contributed by atoms with Crippen molar-refractivity contribution in [3.63, 3.8) is 0 Å². The Morgan fingerprint density at radius 1 is 1.00 bits per heavy atom. The van der Waals surface area contributed by atoms with Crippen LogP contribution in [0.25, 0.3) is 0 Å². The summed E-state index contributed by atoms with van der Waals surface area (Å²) in [5, 5.41) is 6.09. The topological polar surface area (TPSA) is 33.3 Å². The van der Waals surface area contributed by atoms with Gasteiger partial charge < -0.3 is 4.74 Å². The van der Waals surface area contributed by atoms with E-state index < -0.39 is 0 Å². The Labute approximate surface area is 56.8 Å². The Balaban J connectivity index is 2.60. The van der Waals surface area contributed by atoms with Gasteiger partial charge in [0.2, 0.25) is 0 Å². The van der Waals surface area contributed by atoms with Crippen LogP contribution in [0.2, 0.25) is 0 Å². The van der Waals surface area contributed by atoms with E-state index in [1.54, 1.807) is 0 Å².